The topological polar surface area (TPSA) is 62.7 Å². The highest BCUT2D eigenvalue weighted by atomic mass is 19.1. The van der Waals surface area contributed by atoms with Gasteiger partial charge in [-0.1, -0.05) is 18.1 Å². The van der Waals surface area contributed by atoms with Gasteiger partial charge in [-0.05, 0) is 30.5 Å². The summed E-state index contributed by atoms with van der Waals surface area (Å²) in [4.78, 5) is 4.25. The summed E-state index contributed by atoms with van der Waals surface area (Å²) < 4.78 is 18.4. The molecule has 19 heavy (non-hydrogen) atoms. The molecule has 1 atom stereocenters. The first kappa shape index (κ1) is 13.2. The summed E-state index contributed by atoms with van der Waals surface area (Å²) in [6, 6.07) is 6.57. The van der Waals surface area contributed by atoms with Gasteiger partial charge in [0.2, 0.25) is 11.7 Å². The average Bonchev–Trinajstić information content (AvgIpc) is 2.81. The Labute approximate surface area is 110 Å². The fourth-order valence-electron chi connectivity index (χ4n) is 1.81. The Hall–Kier alpha value is -2.22. The van der Waals surface area contributed by atoms with Crippen molar-refractivity contribution in [3.05, 3.63) is 35.5 Å². The van der Waals surface area contributed by atoms with Crippen LogP contribution in [0, 0.1) is 30.0 Å². The number of halogens is 1. The van der Waals surface area contributed by atoms with Crippen molar-refractivity contribution >= 4 is 0 Å². The predicted octanol–water partition coefficient (Wildman–Crippen LogP) is 3.28. The molecule has 2 rings (SSSR count). The number of benzene rings is 1. The molecule has 1 heterocycles. The number of rotatable bonds is 4. The van der Waals surface area contributed by atoms with Gasteiger partial charge in [0.05, 0.1) is 6.07 Å². The van der Waals surface area contributed by atoms with Crippen LogP contribution in [-0.4, -0.2) is 10.1 Å². The van der Waals surface area contributed by atoms with E-state index in [2.05, 4.69) is 16.2 Å². The lowest BCUT2D eigenvalue weighted by Crippen LogP contribution is -1.98. The molecule has 0 saturated carbocycles. The van der Waals surface area contributed by atoms with Crippen molar-refractivity contribution in [1.82, 2.24) is 10.1 Å². The van der Waals surface area contributed by atoms with Gasteiger partial charge >= 0.3 is 0 Å². The van der Waals surface area contributed by atoms with Crippen molar-refractivity contribution in [1.29, 1.82) is 5.26 Å². The highest BCUT2D eigenvalue weighted by Gasteiger charge is 2.14. The molecule has 0 radical (unpaired) electrons. The Morgan fingerprint density at radius 1 is 1.47 bits per heavy atom. The summed E-state index contributed by atoms with van der Waals surface area (Å²) in [5.41, 5.74) is 1.52. The maximum atomic E-state index is 13.2. The monoisotopic (exact) mass is 259 g/mol. The Bertz CT molecular complexity index is 615. The van der Waals surface area contributed by atoms with Gasteiger partial charge in [-0.2, -0.15) is 10.2 Å². The van der Waals surface area contributed by atoms with Crippen LogP contribution in [0.15, 0.2) is 22.7 Å². The summed E-state index contributed by atoms with van der Waals surface area (Å²) in [7, 11) is 0. The molecule has 1 aromatic heterocycles. The van der Waals surface area contributed by atoms with Gasteiger partial charge < -0.3 is 4.52 Å². The Kier molecular flexibility index (Phi) is 3.91. The molecular weight excluding hydrogens is 245 g/mol. The van der Waals surface area contributed by atoms with Crippen LogP contribution >= 0.6 is 0 Å². The third-order valence-electron chi connectivity index (χ3n) is 2.87. The highest BCUT2D eigenvalue weighted by molar-refractivity contribution is 5.59. The molecule has 5 heteroatoms. The van der Waals surface area contributed by atoms with Gasteiger partial charge in [-0.15, -0.1) is 0 Å². The second-order valence-electron chi connectivity index (χ2n) is 4.64. The third kappa shape index (κ3) is 3.16. The number of hydrogen-bond donors (Lipinski definition) is 0. The largest absolute Gasteiger partial charge is 0.339 e. The minimum absolute atomic E-state index is 0.159. The van der Waals surface area contributed by atoms with E-state index in [-0.39, 0.29) is 11.7 Å². The SMILES string of the molecule is Cc1ccc(F)cc1-c1noc(CC(C)CC#N)n1. The van der Waals surface area contributed by atoms with E-state index >= 15 is 0 Å². The number of aryl methyl sites for hydroxylation is 1. The molecule has 0 fully saturated rings. The molecule has 1 unspecified atom stereocenters. The molecule has 0 aliphatic rings. The summed E-state index contributed by atoms with van der Waals surface area (Å²) in [5.74, 6) is 0.689. The second kappa shape index (κ2) is 5.61. The lowest BCUT2D eigenvalue weighted by atomic mass is 10.1. The fraction of sp³-hybridized carbons (Fsp3) is 0.357. The van der Waals surface area contributed by atoms with Crippen LogP contribution in [0.1, 0.15) is 24.8 Å². The molecule has 0 amide bonds. The molecule has 4 nitrogen and oxygen atoms in total. The van der Waals surface area contributed by atoms with E-state index in [1.165, 1.54) is 12.1 Å². The van der Waals surface area contributed by atoms with Crippen LogP contribution in [0.4, 0.5) is 4.39 Å². The van der Waals surface area contributed by atoms with Crippen LogP contribution in [0.25, 0.3) is 11.4 Å². The van der Waals surface area contributed by atoms with Crippen molar-refractivity contribution in [2.24, 2.45) is 5.92 Å². The van der Waals surface area contributed by atoms with Gasteiger partial charge in [-0.3, -0.25) is 0 Å². The van der Waals surface area contributed by atoms with E-state index in [0.29, 0.717) is 30.1 Å². The van der Waals surface area contributed by atoms with Crippen molar-refractivity contribution in [3.63, 3.8) is 0 Å². The summed E-state index contributed by atoms with van der Waals surface area (Å²) in [5, 5.41) is 12.5. The second-order valence-corrected chi connectivity index (χ2v) is 4.64. The van der Waals surface area contributed by atoms with E-state index < -0.39 is 0 Å². The molecular formula is C14H14FN3O. The van der Waals surface area contributed by atoms with Crippen LogP contribution in [0.2, 0.25) is 0 Å². The van der Waals surface area contributed by atoms with Crippen molar-refractivity contribution in [2.45, 2.75) is 26.7 Å². The normalized spacial score (nSPS) is 12.1. The quantitative estimate of drug-likeness (QED) is 0.845. The van der Waals surface area contributed by atoms with Gasteiger partial charge in [0.15, 0.2) is 0 Å². The first-order valence-corrected chi connectivity index (χ1v) is 6.06. The summed E-state index contributed by atoms with van der Waals surface area (Å²) in [6.07, 6.45) is 0.992. The number of nitrogens with zero attached hydrogens (tertiary/aromatic N) is 3. The molecule has 0 bridgehead atoms. The Balaban J connectivity index is 2.21. The van der Waals surface area contributed by atoms with Gasteiger partial charge in [0.1, 0.15) is 5.82 Å². The molecule has 0 spiro atoms. The van der Waals surface area contributed by atoms with E-state index in [9.17, 15) is 4.39 Å². The van der Waals surface area contributed by atoms with Crippen molar-refractivity contribution < 1.29 is 8.91 Å². The summed E-state index contributed by atoms with van der Waals surface area (Å²) >= 11 is 0. The summed E-state index contributed by atoms with van der Waals surface area (Å²) in [6.45, 7) is 3.81. The zero-order valence-electron chi connectivity index (χ0n) is 10.9. The minimum Gasteiger partial charge on any atom is -0.339 e. The maximum Gasteiger partial charge on any atom is 0.227 e. The lowest BCUT2D eigenvalue weighted by Gasteiger charge is -2.01. The van der Waals surface area contributed by atoms with Gasteiger partial charge in [0.25, 0.3) is 0 Å². The molecule has 98 valence electrons. The fourth-order valence-corrected chi connectivity index (χ4v) is 1.81. The average molecular weight is 259 g/mol. The highest BCUT2D eigenvalue weighted by Crippen LogP contribution is 2.22. The number of nitriles is 1. The number of aromatic nitrogens is 2. The van der Waals surface area contributed by atoms with Crippen LogP contribution < -0.4 is 0 Å². The smallest absolute Gasteiger partial charge is 0.227 e. The van der Waals surface area contributed by atoms with Crippen LogP contribution in [0.3, 0.4) is 0 Å². The molecule has 0 N–H and O–H groups in total. The van der Waals surface area contributed by atoms with Gasteiger partial charge in [0, 0.05) is 18.4 Å². The minimum atomic E-state index is -0.329. The van der Waals surface area contributed by atoms with Crippen molar-refractivity contribution in [3.8, 4) is 17.5 Å². The van der Waals surface area contributed by atoms with E-state index in [4.69, 9.17) is 9.78 Å². The zero-order chi connectivity index (χ0) is 13.8. The Morgan fingerprint density at radius 2 is 2.26 bits per heavy atom. The first-order chi connectivity index (χ1) is 9.10. The maximum absolute atomic E-state index is 13.2. The number of hydrogen-bond acceptors (Lipinski definition) is 4. The first-order valence-electron chi connectivity index (χ1n) is 6.06. The van der Waals surface area contributed by atoms with Crippen LogP contribution in [0.5, 0.6) is 0 Å². The van der Waals surface area contributed by atoms with E-state index in [0.717, 1.165) is 5.56 Å². The van der Waals surface area contributed by atoms with E-state index in [1.807, 2.05) is 13.8 Å². The molecule has 1 aromatic carbocycles. The molecule has 0 aliphatic heterocycles. The van der Waals surface area contributed by atoms with Gasteiger partial charge in [-0.25, -0.2) is 4.39 Å². The molecule has 0 aliphatic carbocycles. The predicted molar refractivity (Wildman–Crippen MR) is 67.5 cm³/mol. The zero-order valence-corrected chi connectivity index (χ0v) is 10.9. The van der Waals surface area contributed by atoms with E-state index in [1.54, 1.807) is 6.07 Å². The molecule has 2 aromatic rings. The lowest BCUT2D eigenvalue weighted by molar-refractivity contribution is 0.359. The third-order valence-corrected chi connectivity index (χ3v) is 2.87. The Morgan fingerprint density at radius 3 is 3.00 bits per heavy atom. The molecule has 0 saturated heterocycles. The standard InChI is InChI=1S/C14H14FN3O/c1-9(5-6-16)7-13-17-14(18-19-13)12-8-11(15)4-3-10(12)2/h3-4,8-9H,5,7H2,1-2H3. The van der Waals surface area contributed by atoms with Crippen LogP contribution in [-0.2, 0) is 6.42 Å². The van der Waals surface area contributed by atoms with Crippen molar-refractivity contribution in [2.75, 3.05) is 0 Å².